The minimum Gasteiger partial charge on any atom is -0.458 e. The van der Waals surface area contributed by atoms with E-state index >= 15 is 0 Å². The molecule has 0 unspecified atom stereocenters. The first-order valence-electron chi connectivity index (χ1n) is 8.91. The number of aryl methyl sites for hydroxylation is 1. The van der Waals surface area contributed by atoms with E-state index in [9.17, 15) is 4.79 Å². The lowest BCUT2D eigenvalue weighted by atomic mass is 10.1. The molecule has 0 spiro atoms. The number of likely N-dealkylation sites (tertiary alicyclic amines) is 1. The van der Waals surface area contributed by atoms with E-state index in [0.717, 1.165) is 32.2 Å². The predicted octanol–water partition coefficient (Wildman–Crippen LogP) is 3.32. The molecule has 1 aliphatic heterocycles. The Labute approximate surface area is 158 Å². The van der Waals surface area contributed by atoms with Crippen LogP contribution in [-0.2, 0) is 6.42 Å². The molecule has 6 nitrogen and oxygen atoms in total. The van der Waals surface area contributed by atoms with E-state index in [1.165, 1.54) is 18.0 Å². The summed E-state index contributed by atoms with van der Waals surface area (Å²) < 4.78 is 5.77. The largest absolute Gasteiger partial charge is 0.458 e. The second-order valence-corrected chi connectivity index (χ2v) is 6.77. The molecule has 2 aromatic rings. The van der Waals surface area contributed by atoms with Gasteiger partial charge in [-0.1, -0.05) is 41.9 Å². The number of nitrogens with zero attached hydrogens (tertiary/aromatic N) is 3. The molecule has 0 aliphatic carbocycles. The number of halogens is 1. The molecule has 3 rings (SSSR count). The highest BCUT2D eigenvalue weighted by Gasteiger charge is 2.25. The molecule has 0 radical (unpaired) electrons. The number of hydrogen-bond acceptors (Lipinski definition) is 4. The zero-order valence-electron chi connectivity index (χ0n) is 14.6. The summed E-state index contributed by atoms with van der Waals surface area (Å²) in [5.74, 6) is 0. The molecule has 26 heavy (non-hydrogen) atoms. The van der Waals surface area contributed by atoms with Gasteiger partial charge in [-0.15, -0.1) is 0 Å². The minimum atomic E-state index is -0.0972. The van der Waals surface area contributed by atoms with Gasteiger partial charge in [0, 0.05) is 13.1 Å². The van der Waals surface area contributed by atoms with Crippen LogP contribution in [0, 0.1) is 0 Å². The third kappa shape index (κ3) is 5.59. The highest BCUT2D eigenvalue weighted by molar-refractivity contribution is 6.30. The van der Waals surface area contributed by atoms with Crippen LogP contribution < -0.4 is 10.1 Å². The van der Waals surface area contributed by atoms with E-state index in [1.807, 2.05) is 18.2 Å². The van der Waals surface area contributed by atoms with Gasteiger partial charge in [0.15, 0.2) is 0 Å². The Balaban J connectivity index is 1.40. The highest BCUT2D eigenvalue weighted by atomic mass is 35.5. The molecular formula is C19H23ClN4O2. The summed E-state index contributed by atoms with van der Waals surface area (Å²) in [7, 11) is 0. The summed E-state index contributed by atoms with van der Waals surface area (Å²) in [5.41, 5.74) is 1.29. The van der Waals surface area contributed by atoms with Crippen molar-refractivity contribution in [3.05, 3.63) is 53.3 Å². The van der Waals surface area contributed by atoms with Crippen molar-refractivity contribution in [1.29, 1.82) is 0 Å². The average Bonchev–Trinajstić information content (AvgIpc) is 2.68. The zero-order chi connectivity index (χ0) is 18.2. The maximum Gasteiger partial charge on any atom is 0.317 e. The van der Waals surface area contributed by atoms with Crippen molar-refractivity contribution in [3.63, 3.8) is 0 Å². The number of amides is 2. The quantitative estimate of drug-likeness (QED) is 0.787. The molecule has 2 amide bonds. The summed E-state index contributed by atoms with van der Waals surface area (Å²) in [5, 5.41) is 3.47. The van der Waals surface area contributed by atoms with Crippen LogP contribution in [0.15, 0.2) is 42.7 Å². The van der Waals surface area contributed by atoms with Gasteiger partial charge in [0.2, 0.25) is 0 Å². The molecular weight excluding hydrogens is 352 g/mol. The van der Waals surface area contributed by atoms with Crippen LogP contribution in [0.5, 0.6) is 6.01 Å². The molecule has 1 saturated heterocycles. The van der Waals surface area contributed by atoms with Crippen LogP contribution >= 0.6 is 11.6 Å². The van der Waals surface area contributed by atoms with E-state index in [4.69, 9.17) is 16.3 Å². The van der Waals surface area contributed by atoms with Crippen molar-refractivity contribution >= 4 is 17.6 Å². The number of aromatic nitrogens is 2. The van der Waals surface area contributed by atoms with Crippen molar-refractivity contribution < 1.29 is 9.53 Å². The number of nitrogens with one attached hydrogen (secondary N) is 1. The summed E-state index contributed by atoms with van der Waals surface area (Å²) in [4.78, 5) is 22.3. The van der Waals surface area contributed by atoms with E-state index in [1.54, 1.807) is 4.90 Å². The topological polar surface area (TPSA) is 67.4 Å². The van der Waals surface area contributed by atoms with E-state index in [0.29, 0.717) is 24.1 Å². The Morgan fingerprint density at radius 2 is 2.04 bits per heavy atom. The SMILES string of the molecule is O=C(NCCCc1ccccc1)N1CCC[C@H](Oc2ncc(Cl)cn2)C1. The number of ether oxygens (including phenoxy) is 1. The second-order valence-electron chi connectivity index (χ2n) is 6.33. The second kappa shape index (κ2) is 9.38. The van der Waals surface area contributed by atoms with Crippen LogP contribution in [0.4, 0.5) is 4.79 Å². The van der Waals surface area contributed by atoms with Gasteiger partial charge in [0.25, 0.3) is 0 Å². The molecule has 2 heterocycles. The summed E-state index contributed by atoms with van der Waals surface area (Å²) in [6.45, 7) is 1.94. The number of carbonyl (C=O) groups is 1. The van der Waals surface area contributed by atoms with Gasteiger partial charge in [0.05, 0.1) is 24.0 Å². The number of urea groups is 1. The molecule has 1 aromatic heterocycles. The molecule has 7 heteroatoms. The summed E-state index contributed by atoms with van der Waals surface area (Å²) in [6.07, 6.45) is 6.57. The Kier molecular flexibility index (Phi) is 6.66. The van der Waals surface area contributed by atoms with Crippen molar-refractivity contribution in [2.75, 3.05) is 19.6 Å². The summed E-state index contributed by atoms with van der Waals surface area (Å²) >= 11 is 5.78. The first kappa shape index (κ1) is 18.5. The fourth-order valence-electron chi connectivity index (χ4n) is 2.97. The van der Waals surface area contributed by atoms with Crippen LogP contribution in [0.2, 0.25) is 5.02 Å². The molecule has 0 saturated carbocycles. The molecule has 1 aliphatic rings. The third-order valence-corrected chi connectivity index (χ3v) is 4.49. The monoisotopic (exact) mass is 374 g/mol. The van der Waals surface area contributed by atoms with Gasteiger partial charge in [-0.2, -0.15) is 0 Å². The van der Waals surface area contributed by atoms with Gasteiger partial charge in [-0.25, -0.2) is 14.8 Å². The van der Waals surface area contributed by atoms with Crippen molar-refractivity contribution in [1.82, 2.24) is 20.2 Å². The molecule has 1 N–H and O–H groups in total. The van der Waals surface area contributed by atoms with Gasteiger partial charge >= 0.3 is 12.0 Å². The van der Waals surface area contributed by atoms with Crippen molar-refractivity contribution in [3.8, 4) is 6.01 Å². The summed E-state index contributed by atoms with van der Waals surface area (Å²) in [6, 6.07) is 10.5. The first-order valence-corrected chi connectivity index (χ1v) is 9.29. The fourth-order valence-corrected chi connectivity index (χ4v) is 3.07. The minimum absolute atomic E-state index is 0.0385. The van der Waals surface area contributed by atoms with Gasteiger partial charge in [0.1, 0.15) is 6.10 Å². The smallest absolute Gasteiger partial charge is 0.317 e. The molecule has 0 bridgehead atoms. The van der Waals surface area contributed by atoms with Crippen molar-refractivity contribution in [2.24, 2.45) is 0 Å². The van der Waals surface area contributed by atoms with Crippen LogP contribution in [-0.4, -0.2) is 46.6 Å². The van der Waals surface area contributed by atoms with E-state index in [2.05, 4.69) is 27.4 Å². The van der Waals surface area contributed by atoms with E-state index < -0.39 is 0 Å². The van der Waals surface area contributed by atoms with Crippen LogP contribution in [0.1, 0.15) is 24.8 Å². The zero-order valence-corrected chi connectivity index (χ0v) is 15.4. The molecule has 1 fully saturated rings. The van der Waals surface area contributed by atoms with Crippen LogP contribution in [0.3, 0.4) is 0 Å². The number of hydrogen-bond donors (Lipinski definition) is 1. The number of carbonyl (C=O) groups excluding carboxylic acids is 1. The Bertz CT molecular complexity index is 696. The molecule has 1 aromatic carbocycles. The van der Waals surface area contributed by atoms with Crippen LogP contribution in [0.25, 0.3) is 0 Å². The standard InChI is InChI=1S/C19H23ClN4O2/c20-16-12-22-18(23-13-16)26-17-9-5-11-24(14-17)19(25)21-10-4-8-15-6-2-1-3-7-15/h1-3,6-7,12-13,17H,4-5,8-11,14H2,(H,21,25)/t17-/m0/s1. The van der Waals surface area contributed by atoms with Gasteiger partial charge in [-0.05, 0) is 31.2 Å². The lowest BCUT2D eigenvalue weighted by Crippen LogP contribution is -2.48. The lowest BCUT2D eigenvalue weighted by Gasteiger charge is -2.32. The lowest BCUT2D eigenvalue weighted by molar-refractivity contribution is 0.0939. The maximum absolute atomic E-state index is 12.4. The predicted molar refractivity (Wildman–Crippen MR) is 100 cm³/mol. The Morgan fingerprint density at radius 1 is 1.27 bits per heavy atom. The normalized spacial score (nSPS) is 17.0. The molecule has 138 valence electrons. The number of benzene rings is 1. The fraction of sp³-hybridized carbons (Fsp3) is 0.421. The highest BCUT2D eigenvalue weighted by Crippen LogP contribution is 2.16. The average molecular weight is 375 g/mol. The van der Waals surface area contributed by atoms with Gasteiger partial charge in [-0.3, -0.25) is 0 Å². The molecule has 1 atom stereocenters. The Morgan fingerprint density at radius 3 is 2.81 bits per heavy atom. The van der Waals surface area contributed by atoms with E-state index in [-0.39, 0.29) is 12.1 Å². The first-order chi connectivity index (χ1) is 12.7. The number of rotatable bonds is 6. The maximum atomic E-state index is 12.4. The Hall–Kier alpha value is -2.34. The van der Waals surface area contributed by atoms with Gasteiger partial charge < -0.3 is 15.0 Å². The number of piperidine rings is 1. The van der Waals surface area contributed by atoms with Crippen molar-refractivity contribution in [2.45, 2.75) is 31.8 Å². The third-order valence-electron chi connectivity index (χ3n) is 4.30.